The van der Waals surface area contributed by atoms with Gasteiger partial charge in [0.25, 0.3) is 0 Å². The third-order valence-corrected chi connectivity index (χ3v) is 9.58. The van der Waals surface area contributed by atoms with Crippen molar-refractivity contribution in [3.63, 3.8) is 0 Å². The number of rotatable bonds is 6. The molecule has 2 aliphatic heterocycles. The lowest BCUT2D eigenvalue weighted by Gasteiger charge is -2.45. The van der Waals surface area contributed by atoms with Crippen LogP contribution in [0.25, 0.3) is 32.9 Å². The van der Waals surface area contributed by atoms with Gasteiger partial charge in [-0.3, -0.25) is 9.89 Å². The lowest BCUT2D eigenvalue weighted by Crippen LogP contribution is -2.59. The fourth-order valence-corrected chi connectivity index (χ4v) is 6.89. The molecule has 224 valence electrons. The number of hydrogen-bond donors (Lipinski definition) is 2. The van der Waals surface area contributed by atoms with Crippen LogP contribution in [0.1, 0.15) is 49.4 Å². The number of amides is 1. The number of fused-ring (bicyclic) bond motifs is 2. The van der Waals surface area contributed by atoms with Gasteiger partial charge < -0.3 is 20.0 Å². The largest absolute Gasteiger partial charge is 0.349 e. The van der Waals surface area contributed by atoms with Crippen LogP contribution in [0.15, 0.2) is 30.9 Å². The lowest BCUT2D eigenvalue weighted by atomic mass is 9.90. The van der Waals surface area contributed by atoms with Crippen molar-refractivity contribution in [1.82, 2.24) is 30.4 Å². The standard InChI is InChI=1S/C33H39FN8O/c1-7-25(43)41-13-20(5)42(14-19(41)4)32-23-12-18(3)27(29(34)31(23)36-33(37-32)40-15-22(16-40)35-6)26-17(2)8-11-24-28(26)30(39-38-24)21-9-10-21/h7-8,11-12,19-22,35H,1,9-10,13-16H2,2-6H3,(H,38,39)/t19-,20+/m1/s1. The summed E-state index contributed by atoms with van der Waals surface area (Å²) in [6.45, 7) is 14.4. The van der Waals surface area contributed by atoms with Gasteiger partial charge in [0.2, 0.25) is 11.9 Å². The van der Waals surface area contributed by atoms with E-state index in [1.165, 1.54) is 6.08 Å². The molecule has 7 rings (SSSR count). The van der Waals surface area contributed by atoms with Crippen molar-refractivity contribution >= 4 is 39.5 Å². The highest BCUT2D eigenvalue weighted by Crippen LogP contribution is 2.47. The smallest absolute Gasteiger partial charge is 0.246 e. The summed E-state index contributed by atoms with van der Waals surface area (Å²) in [6, 6.07) is 6.35. The van der Waals surface area contributed by atoms with Gasteiger partial charge in [0.1, 0.15) is 11.3 Å². The summed E-state index contributed by atoms with van der Waals surface area (Å²) in [5.41, 5.74) is 5.60. The molecule has 1 saturated carbocycles. The second kappa shape index (κ2) is 10.3. The van der Waals surface area contributed by atoms with E-state index in [9.17, 15) is 4.79 Å². The number of aryl methyl sites for hydroxylation is 2. The molecule has 0 spiro atoms. The highest BCUT2D eigenvalue weighted by molar-refractivity contribution is 6.03. The second-order valence-electron chi connectivity index (χ2n) is 12.6. The number of anilines is 2. The van der Waals surface area contributed by atoms with Crippen LogP contribution in [0.2, 0.25) is 0 Å². The van der Waals surface area contributed by atoms with Crippen molar-refractivity contribution in [1.29, 1.82) is 0 Å². The number of carbonyl (C=O) groups is 1. The zero-order valence-electron chi connectivity index (χ0n) is 25.5. The van der Waals surface area contributed by atoms with E-state index in [0.29, 0.717) is 53.3 Å². The number of aromatic amines is 1. The number of aromatic nitrogens is 4. The van der Waals surface area contributed by atoms with E-state index in [-0.39, 0.29) is 23.8 Å². The van der Waals surface area contributed by atoms with Gasteiger partial charge >= 0.3 is 0 Å². The molecule has 9 nitrogen and oxygen atoms in total. The molecule has 2 aromatic carbocycles. The molecule has 3 aliphatic rings. The third kappa shape index (κ3) is 4.45. The van der Waals surface area contributed by atoms with Crippen LogP contribution in [-0.2, 0) is 4.79 Å². The van der Waals surface area contributed by atoms with Gasteiger partial charge in [-0.2, -0.15) is 10.1 Å². The monoisotopic (exact) mass is 582 g/mol. The van der Waals surface area contributed by atoms with Gasteiger partial charge in [0.05, 0.1) is 5.52 Å². The average molecular weight is 583 g/mol. The summed E-state index contributed by atoms with van der Waals surface area (Å²) >= 11 is 0. The molecule has 4 heterocycles. The maximum atomic E-state index is 17.2. The van der Waals surface area contributed by atoms with Crippen molar-refractivity contribution in [2.45, 2.75) is 64.6 Å². The van der Waals surface area contributed by atoms with E-state index in [1.807, 2.05) is 50.9 Å². The maximum Gasteiger partial charge on any atom is 0.246 e. The van der Waals surface area contributed by atoms with Gasteiger partial charge in [-0.05, 0) is 82.5 Å². The Morgan fingerprint density at radius 3 is 2.53 bits per heavy atom. The molecule has 1 aliphatic carbocycles. The molecule has 0 unspecified atom stereocenters. The number of benzene rings is 2. The SMILES string of the molecule is C=CC(=O)N1C[C@H](C)N(c2nc(N3CC(NC)C3)nc3c(F)c(-c4c(C)ccc5n[nH]c(C6CC6)c45)c(C)cc23)C[C@H]1C. The van der Waals surface area contributed by atoms with Crippen molar-refractivity contribution in [2.75, 3.05) is 43.0 Å². The number of halogens is 1. The molecule has 43 heavy (non-hydrogen) atoms. The number of nitrogens with zero attached hydrogens (tertiary/aromatic N) is 6. The quantitative estimate of drug-likeness (QED) is 0.315. The summed E-state index contributed by atoms with van der Waals surface area (Å²) < 4.78 is 17.2. The number of piperazine rings is 1. The molecule has 10 heteroatoms. The fourth-order valence-electron chi connectivity index (χ4n) is 6.89. The van der Waals surface area contributed by atoms with Crippen molar-refractivity contribution in [2.24, 2.45) is 0 Å². The Bertz CT molecular complexity index is 1770. The number of H-pyrrole nitrogens is 1. The Morgan fingerprint density at radius 2 is 1.84 bits per heavy atom. The first-order valence-electron chi connectivity index (χ1n) is 15.3. The molecule has 0 bridgehead atoms. The molecule has 2 saturated heterocycles. The average Bonchev–Trinajstić information content (AvgIpc) is 3.72. The van der Waals surface area contributed by atoms with Gasteiger partial charge in [0.15, 0.2) is 5.82 Å². The first-order chi connectivity index (χ1) is 20.7. The van der Waals surface area contributed by atoms with Gasteiger partial charge in [-0.15, -0.1) is 0 Å². The van der Waals surface area contributed by atoms with Crippen LogP contribution in [0.5, 0.6) is 0 Å². The molecule has 2 aromatic heterocycles. The zero-order chi connectivity index (χ0) is 30.2. The van der Waals surface area contributed by atoms with E-state index in [2.05, 4.69) is 38.8 Å². The van der Waals surface area contributed by atoms with Gasteiger partial charge in [0, 0.05) is 72.3 Å². The highest BCUT2D eigenvalue weighted by Gasteiger charge is 2.36. The Balaban J connectivity index is 1.42. The number of likely N-dealkylation sites (N-methyl/N-ethyl adjacent to an activating group) is 1. The van der Waals surface area contributed by atoms with Crippen LogP contribution in [0, 0.1) is 19.7 Å². The Hall–Kier alpha value is -4.05. The number of hydrogen-bond acceptors (Lipinski definition) is 7. The maximum absolute atomic E-state index is 17.2. The van der Waals surface area contributed by atoms with E-state index in [0.717, 1.165) is 59.2 Å². The fraction of sp³-hybridized carbons (Fsp3) is 0.455. The predicted molar refractivity (Wildman–Crippen MR) is 169 cm³/mol. The molecule has 4 aromatic rings. The zero-order valence-corrected chi connectivity index (χ0v) is 25.5. The summed E-state index contributed by atoms with van der Waals surface area (Å²) in [5.74, 6) is 1.28. The Labute approximate surface area is 251 Å². The van der Waals surface area contributed by atoms with Crippen molar-refractivity contribution in [3.05, 3.63) is 53.5 Å². The molecule has 2 N–H and O–H groups in total. The summed E-state index contributed by atoms with van der Waals surface area (Å²) in [6.07, 6.45) is 3.61. The van der Waals surface area contributed by atoms with Crippen molar-refractivity contribution < 1.29 is 9.18 Å². The first-order valence-corrected chi connectivity index (χ1v) is 15.3. The molecule has 3 fully saturated rings. The summed E-state index contributed by atoms with van der Waals surface area (Å²) in [5, 5.41) is 12.9. The third-order valence-electron chi connectivity index (χ3n) is 9.58. The molecule has 0 radical (unpaired) electrons. The molecular formula is C33H39FN8O. The highest BCUT2D eigenvalue weighted by atomic mass is 19.1. The minimum atomic E-state index is -0.328. The lowest BCUT2D eigenvalue weighted by molar-refractivity contribution is -0.128. The predicted octanol–water partition coefficient (Wildman–Crippen LogP) is 4.83. The van der Waals surface area contributed by atoms with E-state index in [1.54, 1.807) is 0 Å². The van der Waals surface area contributed by atoms with Crippen LogP contribution >= 0.6 is 0 Å². The van der Waals surface area contributed by atoms with Gasteiger partial charge in [-0.1, -0.05) is 12.6 Å². The van der Waals surface area contributed by atoms with Crippen LogP contribution in [-0.4, -0.2) is 82.3 Å². The topological polar surface area (TPSA) is 93.3 Å². The number of nitrogens with one attached hydrogen (secondary N) is 2. The molecule has 1 amide bonds. The van der Waals surface area contributed by atoms with Crippen LogP contribution in [0.4, 0.5) is 16.2 Å². The minimum Gasteiger partial charge on any atom is -0.349 e. The summed E-state index contributed by atoms with van der Waals surface area (Å²) in [7, 11) is 1.95. The van der Waals surface area contributed by atoms with E-state index < -0.39 is 0 Å². The second-order valence-corrected chi connectivity index (χ2v) is 12.6. The first kappa shape index (κ1) is 27.8. The summed E-state index contributed by atoms with van der Waals surface area (Å²) in [4.78, 5) is 28.7. The molecule has 2 atom stereocenters. The Morgan fingerprint density at radius 1 is 1.07 bits per heavy atom. The van der Waals surface area contributed by atoms with E-state index in [4.69, 9.17) is 9.97 Å². The van der Waals surface area contributed by atoms with Gasteiger partial charge in [-0.25, -0.2) is 9.37 Å². The van der Waals surface area contributed by atoms with Crippen LogP contribution < -0.4 is 15.1 Å². The minimum absolute atomic E-state index is 0.0291. The number of carbonyl (C=O) groups excluding carboxylic acids is 1. The van der Waals surface area contributed by atoms with E-state index >= 15 is 4.39 Å². The van der Waals surface area contributed by atoms with Crippen molar-refractivity contribution in [3.8, 4) is 11.1 Å². The molecular weight excluding hydrogens is 543 g/mol. The Kier molecular flexibility index (Phi) is 6.65. The normalized spacial score (nSPS) is 21.1. The van der Waals surface area contributed by atoms with Crippen LogP contribution in [0.3, 0.4) is 0 Å².